The van der Waals surface area contributed by atoms with E-state index in [1.54, 1.807) is 0 Å². The Kier molecular flexibility index (Phi) is 7.89. The summed E-state index contributed by atoms with van der Waals surface area (Å²) in [6.45, 7) is 0. The van der Waals surface area contributed by atoms with E-state index in [1.165, 1.54) is 33.4 Å². The lowest BCUT2D eigenvalue weighted by Crippen LogP contribution is -2.15. The number of fused-ring (bicyclic) bond motifs is 14. The standard InChI is InChI=1S/C56H38O4/c57-55-47-17-9-7-15-41(47)45-27-25-43-50-32-37(21-22-38(50)30-39(51(43)53(45)59-55)29-33-11-3-1-4-12-33)36-20-19-35-23-24-40(34-13-5-2-6-14-34)52-44(49(35)31-36)26-28-46-42-16-8-10-18-48(42)56(58)60-54(46)52/h1-22,25-28,31-32,39-40H,23-24,29-30H2. The molecule has 60 heavy (non-hydrogen) atoms. The molecule has 0 aliphatic heterocycles. The van der Waals surface area contributed by atoms with Crippen molar-refractivity contribution in [3.8, 4) is 33.4 Å². The highest BCUT2D eigenvalue weighted by atomic mass is 16.4. The molecule has 0 amide bonds. The van der Waals surface area contributed by atoms with E-state index in [-0.39, 0.29) is 23.1 Å². The second-order valence-corrected chi connectivity index (χ2v) is 16.5. The average molecular weight is 775 g/mol. The summed E-state index contributed by atoms with van der Waals surface area (Å²) in [5.41, 5.74) is 14.8. The van der Waals surface area contributed by atoms with Gasteiger partial charge in [-0.1, -0.05) is 133 Å². The van der Waals surface area contributed by atoms with Crippen LogP contribution in [0.1, 0.15) is 51.6 Å². The zero-order valence-electron chi connectivity index (χ0n) is 32.8. The quantitative estimate of drug-likeness (QED) is 0.132. The normalized spacial score (nSPS) is 15.7. The van der Waals surface area contributed by atoms with E-state index < -0.39 is 0 Å². The molecule has 2 aliphatic carbocycles. The number of rotatable bonds is 4. The SMILES string of the molecule is O=c1oc2c3c(ccc2c2ccccc12)-c1cc(-c2ccc4c(c2)-c2ccc5c(oc(=O)c6ccccc65)c2C(c2ccccc2)CC4)ccc1CC3Cc1ccccc1. The van der Waals surface area contributed by atoms with Gasteiger partial charge < -0.3 is 8.83 Å². The predicted molar refractivity (Wildman–Crippen MR) is 243 cm³/mol. The minimum Gasteiger partial charge on any atom is -0.422 e. The maximum Gasteiger partial charge on any atom is 0.344 e. The molecule has 2 aliphatic rings. The first-order chi connectivity index (χ1) is 29.6. The minimum atomic E-state index is -0.308. The summed E-state index contributed by atoms with van der Waals surface area (Å²) in [6.07, 6.45) is 3.44. The van der Waals surface area contributed by atoms with Crippen LogP contribution in [-0.2, 0) is 19.3 Å². The van der Waals surface area contributed by atoms with Crippen molar-refractivity contribution in [2.45, 2.75) is 37.5 Å². The molecule has 2 atom stereocenters. The largest absolute Gasteiger partial charge is 0.422 e. The molecular formula is C56H38O4. The van der Waals surface area contributed by atoms with Crippen LogP contribution < -0.4 is 11.3 Å². The van der Waals surface area contributed by atoms with Crippen LogP contribution in [0.5, 0.6) is 0 Å². The molecule has 8 aromatic carbocycles. The molecule has 0 saturated heterocycles. The Morgan fingerprint density at radius 2 is 0.967 bits per heavy atom. The Balaban J connectivity index is 1.04. The highest BCUT2D eigenvalue weighted by Crippen LogP contribution is 2.49. The highest BCUT2D eigenvalue weighted by molar-refractivity contribution is 6.08. The third kappa shape index (κ3) is 5.44. The average Bonchev–Trinajstić information content (AvgIpc) is 3.46. The summed E-state index contributed by atoms with van der Waals surface area (Å²) < 4.78 is 12.6. The second kappa shape index (κ2) is 13.6. The van der Waals surface area contributed by atoms with Gasteiger partial charge in [-0.05, 0) is 134 Å². The lowest BCUT2D eigenvalue weighted by molar-refractivity contribution is 0.555. The topological polar surface area (TPSA) is 60.4 Å². The lowest BCUT2D eigenvalue weighted by Gasteiger charge is -2.29. The van der Waals surface area contributed by atoms with Crippen LogP contribution in [0, 0.1) is 0 Å². The molecule has 2 aromatic heterocycles. The molecule has 0 radical (unpaired) electrons. The molecule has 12 rings (SSSR count). The highest BCUT2D eigenvalue weighted by Gasteiger charge is 2.31. The summed E-state index contributed by atoms with van der Waals surface area (Å²) in [5, 5.41) is 4.96. The van der Waals surface area contributed by atoms with E-state index in [1.807, 2.05) is 48.5 Å². The van der Waals surface area contributed by atoms with Crippen LogP contribution in [0.3, 0.4) is 0 Å². The van der Waals surface area contributed by atoms with Gasteiger partial charge in [0, 0.05) is 27.8 Å². The van der Waals surface area contributed by atoms with Gasteiger partial charge in [-0.15, -0.1) is 0 Å². The smallest absolute Gasteiger partial charge is 0.344 e. The zero-order chi connectivity index (χ0) is 39.9. The molecule has 0 spiro atoms. The van der Waals surface area contributed by atoms with E-state index >= 15 is 0 Å². The Hall–Kier alpha value is -7.30. The molecule has 0 fully saturated rings. The van der Waals surface area contributed by atoms with E-state index in [0.717, 1.165) is 80.6 Å². The van der Waals surface area contributed by atoms with E-state index in [2.05, 4.69) is 121 Å². The van der Waals surface area contributed by atoms with E-state index in [0.29, 0.717) is 21.9 Å². The summed E-state index contributed by atoms with van der Waals surface area (Å²) in [4.78, 5) is 27.1. The summed E-state index contributed by atoms with van der Waals surface area (Å²) in [7, 11) is 0. The van der Waals surface area contributed by atoms with Crippen molar-refractivity contribution in [1.82, 2.24) is 0 Å². The van der Waals surface area contributed by atoms with Gasteiger partial charge in [0.2, 0.25) is 0 Å². The van der Waals surface area contributed by atoms with Gasteiger partial charge in [0.25, 0.3) is 0 Å². The molecule has 286 valence electrons. The van der Waals surface area contributed by atoms with Crippen molar-refractivity contribution in [2.75, 3.05) is 0 Å². The van der Waals surface area contributed by atoms with Crippen molar-refractivity contribution >= 4 is 43.5 Å². The second-order valence-electron chi connectivity index (χ2n) is 16.5. The summed E-state index contributed by atoms with van der Waals surface area (Å²) >= 11 is 0. The fraction of sp³-hybridized carbons (Fsp3) is 0.107. The van der Waals surface area contributed by atoms with Crippen molar-refractivity contribution < 1.29 is 8.83 Å². The van der Waals surface area contributed by atoms with E-state index in [9.17, 15) is 9.59 Å². The van der Waals surface area contributed by atoms with Crippen molar-refractivity contribution in [2.24, 2.45) is 0 Å². The van der Waals surface area contributed by atoms with E-state index in [4.69, 9.17) is 8.83 Å². The monoisotopic (exact) mass is 774 g/mol. The Bertz CT molecular complexity index is 3490. The summed E-state index contributed by atoms with van der Waals surface area (Å²) in [5.74, 6) is 0.170. The Labute approximate surface area is 346 Å². The van der Waals surface area contributed by atoms with Crippen molar-refractivity contribution in [3.05, 3.63) is 224 Å². The van der Waals surface area contributed by atoms with Gasteiger partial charge >= 0.3 is 11.3 Å². The van der Waals surface area contributed by atoms with Gasteiger partial charge in [0.1, 0.15) is 11.2 Å². The predicted octanol–water partition coefficient (Wildman–Crippen LogP) is 13.2. The molecule has 0 bridgehead atoms. The first-order valence-corrected chi connectivity index (χ1v) is 20.9. The fourth-order valence-electron chi connectivity index (χ4n) is 10.5. The Morgan fingerprint density at radius 1 is 0.450 bits per heavy atom. The molecule has 10 aromatic rings. The minimum absolute atomic E-state index is 0.0427. The first-order valence-electron chi connectivity index (χ1n) is 20.9. The molecule has 4 nitrogen and oxygen atoms in total. The Morgan fingerprint density at radius 3 is 1.60 bits per heavy atom. The molecule has 2 unspecified atom stereocenters. The lowest BCUT2D eigenvalue weighted by atomic mass is 9.74. The molecule has 4 heteroatoms. The number of benzene rings is 8. The van der Waals surface area contributed by atoms with Gasteiger partial charge in [0.15, 0.2) is 0 Å². The van der Waals surface area contributed by atoms with Gasteiger partial charge in [-0.2, -0.15) is 0 Å². The van der Waals surface area contributed by atoms with Gasteiger partial charge in [0.05, 0.1) is 10.8 Å². The summed E-state index contributed by atoms with van der Waals surface area (Å²) in [6, 6.07) is 59.3. The fourth-order valence-corrected chi connectivity index (χ4v) is 10.5. The van der Waals surface area contributed by atoms with Crippen LogP contribution in [0.15, 0.2) is 188 Å². The van der Waals surface area contributed by atoms with Crippen molar-refractivity contribution in [1.29, 1.82) is 0 Å². The number of hydrogen-bond acceptors (Lipinski definition) is 4. The van der Waals surface area contributed by atoms with Gasteiger partial charge in [-0.3, -0.25) is 0 Å². The first kappa shape index (κ1) is 34.7. The van der Waals surface area contributed by atoms with Crippen LogP contribution >= 0.6 is 0 Å². The van der Waals surface area contributed by atoms with Crippen molar-refractivity contribution in [3.63, 3.8) is 0 Å². The zero-order valence-corrected chi connectivity index (χ0v) is 32.8. The van der Waals surface area contributed by atoms with Crippen LogP contribution in [0.25, 0.3) is 76.9 Å². The van der Waals surface area contributed by atoms with Crippen LogP contribution in [0.4, 0.5) is 0 Å². The van der Waals surface area contributed by atoms with Gasteiger partial charge in [-0.25, -0.2) is 9.59 Å². The van der Waals surface area contributed by atoms with Crippen LogP contribution in [-0.4, -0.2) is 0 Å². The number of hydrogen-bond donors (Lipinski definition) is 0. The third-order valence-corrected chi connectivity index (χ3v) is 13.2. The maximum absolute atomic E-state index is 13.6. The molecule has 0 N–H and O–H groups in total. The molecule has 2 heterocycles. The van der Waals surface area contributed by atoms with Crippen LogP contribution in [0.2, 0.25) is 0 Å². The molecule has 0 saturated carbocycles. The third-order valence-electron chi connectivity index (χ3n) is 13.2. The molecular weight excluding hydrogens is 737 g/mol. The number of aryl methyl sites for hydroxylation is 1. The maximum atomic E-state index is 13.6.